The summed E-state index contributed by atoms with van der Waals surface area (Å²) in [4.78, 5) is 10.2. The van der Waals surface area contributed by atoms with Crippen molar-refractivity contribution in [2.24, 2.45) is 0 Å². The Labute approximate surface area is 114 Å². The van der Waals surface area contributed by atoms with E-state index in [4.69, 9.17) is 20.2 Å². The van der Waals surface area contributed by atoms with Crippen molar-refractivity contribution in [1.29, 1.82) is 0 Å². The van der Waals surface area contributed by atoms with E-state index in [-0.39, 0.29) is 30.2 Å². The van der Waals surface area contributed by atoms with Gasteiger partial charge in [0.05, 0.1) is 24.4 Å². The Morgan fingerprint density at radius 2 is 2.11 bits per heavy atom. The lowest BCUT2D eigenvalue weighted by atomic mass is 10.3. The zero-order chi connectivity index (χ0) is 14.5. The topological polar surface area (TPSA) is 95.7 Å². The molecule has 1 rings (SSSR count). The van der Waals surface area contributed by atoms with Crippen LogP contribution in [-0.4, -0.2) is 32.8 Å². The van der Waals surface area contributed by atoms with Crippen molar-refractivity contribution in [2.75, 3.05) is 19.5 Å². The smallest absolute Gasteiger partial charge is 0.311 e. The number of ether oxygens (including phenoxy) is 2. The lowest BCUT2D eigenvalue weighted by molar-refractivity contribution is -0.385. The van der Waals surface area contributed by atoms with Crippen LogP contribution in [0.15, 0.2) is 18.2 Å². The monoisotopic (exact) mass is 309 g/mol. The number of hydrogen-bond acceptors (Lipinski definition) is 6. The van der Waals surface area contributed by atoms with E-state index in [1.54, 1.807) is 0 Å². The molecule has 0 aliphatic rings. The highest BCUT2D eigenvalue weighted by Crippen LogP contribution is 2.31. The average molecular weight is 310 g/mol. The summed E-state index contributed by atoms with van der Waals surface area (Å²) in [7, 11) is 2.87. The molecule has 0 fully saturated rings. The molecule has 1 aromatic carbocycles. The van der Waals surface area contributed by atoms with Gasteiger partial charge in [0.1, 0.15) is 5.75 Å². The number of hydrogen-bond donors (Lipinski definition) is 0. The molecule has 0 saturated heterocycles. The molecule has 9 heteroatoms. The third kappa shape index (κ3) is 5.31. The summed E-state index contributed by atoms with van der Waals surface area (Å²) >= 11 is 0. The minimum absolute atomic E-state index is 0.0000420. The van der Waals surface area contributed by atoms with E-state index in [2.05, 4.69) is 0 Å². The number of rotatable bonds is 7. The van der Waals surface area contributed by atoms with Gasteiger partial charge in [0, 0.05) is 22.8 Å². The Bertz CT molecular complexity index is 559. The first kappa shape index (κ1) is 15.5. The summed E-state index contributed by atoms with van der Waals surface area (Å²) in [5, 5.41) is 10.8. The van der Waals surface area contributed by atoms with Crippen molar-refractivity contribution in [3.05, 3.63) is 28.3 Å². The highest BCUT2D eigenvalue weighted by Gasteiger charge is 2.16. The molecule has 1 aromatic rings. The SMILES string of the molecule is COc1ccc([N+](=O)[O-])c(OCCCS(=O)(=O)Cl)c1. The van der Waals surface area contributed by atoms with Crippen LogP contribution < -0.4 is 9.47 Å². The van der Waals surface area contributed by atoms with Gasteiger partial charge in [-0.3, -0.25) is 10.1 Å². The number of halogens is 1. The van der Waals surface area contributed by atoms with Gasteiger partial charge >= 0.3 is 5.69 Å². The van der Waals surface area contributed by atoms with Crippen molar-refractivity contribution in [3.63, 3.8) is 0 Å². The van der Waals surface area contributed by atoms with Gasteiger partial charge in [-0.15, -0.1) is 0 Å². The average Bonchev–Trinajstić information content (AvgIpc) is 2.33. The van der Waals surface area contributed by atoms with Crippen LogP contribution in [0.25, 0.3) is 0 Å². The molecule has 0 unspecified atom stereocenters. The van der Waals surface area contributed by atoms with Crippen LogP contribution in [-0.2, 0) is 9.05 Å². The van der Waals surface area contributed by atoms with E-state index in [9.17, 15) is 18.5 Å². The Hall–Kier alpha value is -1.54. The molecule has 0 amide bonds. The second-order valence-electron chi connectivity index (χ2n) is 3.54. The Balaban J connectivity index is 2.72. The number of methoxy groups -OCH3 is 1. The highest BCUT2D eigenvalue weighted by molar-refractivity contribution is 8.13. The second-order valence-corrected chi connectivity index (χ2v) is 6.43. The number of nitrogens with zero attached hydrogens (tertiary/aromatic N) is 1. The quantitative estimate of drug-likeness (QED) is 0.330. The summed E-state index contributed by atoms with van der Waals surface area (Å²) in [5.41, 5.74) is -0.213. The van der Waals surface area contributed by atoms with Crippen LogP contribution in [0.1, 0.15) is 6.42 Å². The highest BCUT2D eigenvalue weighted by atomic mass is 35.7. The van der Waals surface area contributed by atoms with E-state index in [1.165, 1.54) is 25.3 Å². The molecule has 0 heterocycles. The fourth-order valence-corrected chi connectivity index (χ4v) is 2.09. The molecule has 106 valence electrons. The maximum Gasteiger partial charge on any atom is 0.311 e. The van der Waals surface area contributed by atoms with Crippen molar-refractivity contribution in [3.8, 4) is 11.5 Å². The van der Waals surface area contributed by atoms with Crippen molar-refractivity contribution >= 4 is 25.4 Å². The summed E-state index contributed by atoms with van der Waals surface area (Å²) in [6.45, 7) is -0.0000420. The van der Waals surface area contributed by atoms with Crippen molar-refractivity contribution in [1.82, 2.24) is 0 Å². The predicted molar refractivity (Wildman–Crippen MR) is 69.4 cm³/mol. The van der Waals surface area contributed by atoms with E-state index < -0.39 is 14.0 Å². The minimum Gasteiger partial charge on any atom is -0.497 e. The normalized spacial score (nSPS) is 11.1. The predicted octanol–water partition coefficient (Wildman–Crippen LogP) is 1.94. The van der Waals surface area contributed by atoms with E-state index in [0.717, 1.165) is 0 Å². The number of nitro benzene ring substituents is 1. The molecule has 0 N–H and O–H groups in total. The van der Waals surface area contributed by atoms with Crippen LogP contribution in [0.3, 0.4) is 0 Å². The first-order chi connectivity index (χ1) is 8.83. The molecule has 0 aromatic heterocycles. The van der Waals surface area contributed by atoms with Gasteiger partial charge in [0.15, 0.2) is 0 Å². The molecular formula is C10H12ClNO6S. The first-order valence-corrected chi connectivity index (χ1v) is 7.69. The fourth-order valence-electron chi connectivity index (χ4n) is 1.30. The molecule has 0 atom stereocenters. The number of nitro groups is 1. The van der Waals surface area contributed by atoms with E-state index >= 15 is 0 Å². The molecule has 0 spiro atoms. The molecule has 0 aliphatic carbocycles. The maximum atomic E-state index is 10.8. The van der Waals surface area contributed by atoms with Crippen LogP contribution >= 0.6 is 10.7 Å². The lowest BCUT2D eigenvalue weighted by Crippen LogP contribution is -2.06. The molecule has 19 heavy (non-hydrogen) atoms. The third-order valence-corrected chi connectivity index (χ3v) is 3.39. The van der Waals surface area contributed by atoms with Crippen molar-refractivity contribution in [2.45, 2.75) is 6.42 Å². The fraction of sp³-hybridized carbons (Fsp3) is 0.400. The van der Waals surface area contributed by atoms with E-state index in [1.807, 2.05) is 0 Å². The first-order valence-electron chi connectivity index (χ1n) is 5.21. The molecule has 0 saturated carbocycles. The zero-order valence-corrected chi connectivity index (χ0v) is 11.6. The van der Waals surface area contributed by atoms with Gasteiger partial charge in [-0.2, -0.15) is 0 Å². The van der Waals surface area contributed by atoms with Crippen molar-refractivity contribution < 1.29 is 22.8 Å². The van der Waals surface area contributed by atoms with Gasteiger partial charge in [0.2, 0.25) is 14.8 Å². The van der Waals surface area contributed by atoms with Gasteiger partial charge in [0.25, 0.3) is 0 Å². The third-order valence-electron chi connectivity index (χ3n) is 2.15. The molecule has 0 radical (unpaired) electrons. The summed E-state index contributed by atoms with van der Waals surface area (Å²) in [6.07, 6.45) is 0.139. The molecule has 7 nitrogen and oxygen atoms in total. The largest absolute Gasteiger partial charge is 0.497 e. The van der Waals surface area contributed by atoms with Gasteiger partial charge in [-0.25, -0.2) is 8.42 Å². The summed E-state index contributed by atoms with van der Waals surface area (Å²) < 4.78 is 31.5. The van der Waals surface area contributed by atoms with Crippen LogP contribution in [0.5, 0.6) is 11.5 Å². The van der Waals surface area contributed by atoms with Gasteiger partial charge in [-0.05, 0) is 12.5 Å². The molecular weight excluding hydrogens is 298 g/mol. The second kappa shape index (κ2) is 6.58. The zero-order valence-electron chi connectivity index (χ0n) is 10.0. The Kier molecular flexibility index (Phi) is 5.37. The van der Waals surface area contributed by atoms with Gasteiger partial charge in [-0.1, -0.05) is 0 Å². The standard InChI is InChI=1S/C10H12ClNO6S/c1-17-8-3-4-9(12(13)14)10(7-8)18-5-2-6-19(11,15)16/h3-4,7H,2,5-6H2,1H3. The lowest BCUT2D eigenvalue weighted by Gasteiger charge is -2.07. The van der Waals surface area contributed by atoms with Crippen LogP contribution in [0, 0.1) is 10.1 Å². The maximum absolute atomic E-state index is 10.8. The molecule has 0 bridgehead atoms. The van der Waals surface area contributed by atoms with Crippen LogP contribution in [0.4, 0.5) is 5.69 Å². The van der Waals surface area contributed by atoms with E-state index in [0.29, 0.717) is 5.75 Å². The Morgan fingerprint density at radius 3 is 2.63 bits per heavy atom. The van der Waals surface area contributed by atoms with Gasteiger partial charge < -0.3 is 9.47 Å². The minimum atomic E-state index is -3.58. The Morgan fingerprint density at radius 1 is 1.42 bits per heavy atom. The summed E-state index contributed by atoms with van der Waals surface area (Å²) in [6, 6.07) is 4.06. The molecule has 0 aliphatic heterocycles. The van der Waals surface area contributed by atoms with Crippen LogP contribution in [0.2, 0.25) is 0 Å². The summed E-state index contributed by atoms with van der Waals surface area (Å²) in [5.74, 6) is 0.175. The number of benzene rings is 1.